The van der Waals surface area contributed by atoms with Gasteiger partial charge in [0, 0.05) is 0 Å². The van der Waals surface area contributed by atoms with Crippen LogP contribution in [-0.2, 0) is 19.4 Å². The zero-order valence-electron chi connectivity index (χ0n) is 11.2. The number of carbonyl (C=O) groups is 1. The van der Waals surface area contributed by atoms with E-state index in [1.54, 1.807) is 30.3 Å². The maximum absolute atomic E-state index is 12.8. The molecule has 1 aliphatic heterocycles. The van der Waals surface area contributed by atoms with Crippen LogP contribution in [0.2, 0.25) is 0 Å². The summed E-state index contributed by atoms with van der Waals surface area (Å²) in [7, 11) is -3.53. The number of esters is 1. The summed E-state index contributed by atoms with van der Waals surface area (Å²) in [4.78, 5) is 12.0. The number of ether oxygens (including phenoxy) is 1. The number of sulfone groups is 1. The second-order valence-electron chi connectivity index (χ2n) is 5.65. The second-order valence-corrected chi connectivity index (χ2v) is 7.78. The Kier molecular flexibility index (Phi) is 3.32. The average Bonchev–Trinajstić information content (AvgIpc) is 2.77. The topological polar surface area (TPSA) is 60.4 Å². The highest BCUT2D eigenvalue weighted by atomic mass is 32.2. The summed E-state index contributed by atoms with van der Waals surface area (Å²) in [6, 6.07) is 8.38. The molecule has 1 atom stereocenters. The molecule has 0 amide bonds. The second kappa shape index (κ2) is 4.88. The molecule has 2 aliphatic rings. The maximum Gasteiger partial charge on any atom is 0.307 e. The van der Waals surface area contributed by atoms with Crippen molar-refractivity contribution in [2.45, 2.75) is 54.3 Å². The van der Waals surface area contributed by atoms with Crippen LogP contribution in [0.15, 0.2) is 35.2 Å². The van der Waals surface area contributed by atoms with E-state index in [1.807, 2.05) is 0 Å². The van der Waals surface area contributed by atoms with Crippen LogP contribution in [0, 0.1) is 0 Å². The Morgan fingerprint density at radius 3 is 2.35 bits per heavy atom. The Balaban J connectivity index is 2.01. The summed E-state index contributed by atoms with van der Waals surface area (Å²) in [5.41, 5.74) is -0.788. The first-order valence-electron chi connectivity index (χ1n) is 7.05. The molecule has 20 heavy (non-hydrogen) atoms. The number of benzene rings is 1. The molecule has 1 spiro atoms. The minimum atomic E-state index is -3.53. The van der Waals surface area contributed by atoms with Crippen LogP contribution in [0.4, 0.5) is 0 Å². The SMILES string of the molecule is O=C1CC(S(=O)(=O)c2ccccc2)C2(CCCCC2)O1. The van der Waals surface area contributed by atoms with Crippen LogP contribution >= 0.6 is 0 Å². The van der Waals surface area contributed by atoms with Gasteiger partial charge in [-0.15, -0.1) is 0 Å². The molecule has 1 aliphatic carbocycles. The van der Waals surface area contributed by atoms with Gasteiger partial charge >= 0.3 is 5.97 Å². The third-order valence-electron chi connectivity index (χ3n) is 4.40. The highest BCUT2D eigenvalue weighted by Gasteiger charge is 2.55. The van der Waals surface area contributed by atoms with E-state index >= 15 is 0 Å². The summed E-state index contributed by atoms with van der Waals surface area (Å²) in [6.45, 7) is 0. The molecule has 0 radical (unpaired) electrons. The third kappa shape index (κ3) is 2.14. The molecule has 1 aromatic rings. The van der Waals surface area contributed by atoms with Crippen molar-refractivity contribution >= 4 is 15.8 Å². The van der Waals surface area contributed by atoms with Crippen molar-refractivity contribution in [2.75, 3.05) is 0 Å². The van der Waals surface area contributed by atoms with Crippen molar-refractivity contribution in [1.29, 1.82) is 0 Å². The molecule has 1 unspecified atom stereocenters. The summed E-state index contributed by atoms with van der Waals surface area (Å²) < 4.78 is 31.1. The van der Waals surface area contributed by atoms with E-state index in [9.17, 15) is 13.2 Å². The number of rotatable bonds is 2. The Morgan fingerprint density at radius 2 is 1.70 bits per heavy atom. The molecule has 1 aromatic carbocycles. The van der Waals surface area contributed by atoms with E-state index in [1.165, 1.54) is 0 Å². The van der Waals surface area contributed by atoms with Crippen LogP contribution in [0.25, 0.3) is 0 Å². The fourth-order valence-electron chi connectivity index (χ4n) is 3.41. The fourth-order valence-corrected chi connectivity index (χ4v) is 5.48. The van der Waals surface area contributed by atoms with Gasteiger partial charge in [-0.05, 0) is 37.8 Å². The van der Waals surface area contributed by atoms with Gasteiger partial charge < -0.3 is 4.74 Å². The molecule has 1 saturated heterocycles. The lowest BCUT2D eigenvalue weighted by molar-refractivity contribution is -0.150. The number of hydrogen-bond acceptors (Lipinski definition) is 4. The molecular formula is C15H18O4S. The van der Waals surface area contributed by atoms with Crippen LogP contribution in [0.5, 0.6) is 0 Å². The van der Waals surface area contributed by atoms with Gasteiger partial charge in [0.2, 0.25) is 0 Å². The smallest absolute Gasteiger partial charge is 0.307 e. The van der Waals surface area contributed by atoms with Crippen LogP contribution in [-0.4, -0.2) is 25.2 Å². The molecule has 3 rings (SSSR count). The van der Waals surface area contributed by atoms with Gasteiger partial charge in [-0.2, -0.15) is 0 Å². The molecule has 5 heteroatoms. The number of carbonyl (C=O) groups excluding carboxylic acids is 1. The van der Waals surface area contributed by atoms with Crippen molar-refractivity contribution in [3.05, 3.63) is 30.3 Å². The molecule has 0 N–H and O–H groups in total. The zero-order chi connectivity index (χ0) is 14.2. The molecule has 4 nitrogen and oxygen atoms in total. The van der Waals surface area contributed by atoms with Crippen LogP contribution in [0.3, 0.4) is 0 Å². The highest BCUT2D eigenvalue weighted by Crippen LogP contribution is 2.44. The lowest BCUT2D eigenvalue weighted by atomic mass is 9.82. The van der Waals surface area contributed by atoms with E-state index in [2.05, 4.69) is 0 Å². The lowest BCUT2D eigenvalue weighted by Gasteiger charge is -2.36. The van der Waals surface area contributed by atoms with Gasteiger partial charge in [0.15, 0.2) is 9.84 Å². The first-order valence-corrected chi connectivity index (χ1v) is 8.60. The van der Waals surface area contributed by atoms with Gasteiger partial charge in [-0.25, -0.2) is 8.42 Å². The summed E-state index contributed by atoms with van der Waals surface area (Å²) in [5.74, 6) is -0.378. The molecule has 0 aromatic heterocycles. The van der Waals surface area contributed by atoms with Gasteiger partial charge in [-0.1, -0.05) is 24.6 Å². The van der Waals surface area contributed by atoms with Crippen molar-refractivity contribution in [3.8, 4) is 0 Å². The van der Waals surface area contributed by atoms with Crippen LogP contribution < -0.4 is 0 Å². The molecule has 2 fully saturated rings. The monoisotopic (exact) mass is 294 g/mol. The minimum Gasteiger partial charge on any atom is -0.458 e. The third-order valence-corrected chi connectivity index (χ3v) is 6.68. The molecule has 1 heterocycles. The van der Waals surface area contributed by atoms with Crippen molar-refractivity contribution in [1.82, 2.24) is 0 Å². The summed E-state index contributed by atoms with van der Waals surface area (Å²) >= 11 is 0. The predicted octanol–water partition coefficient (Wildman–Crippen LogP) is 2.48. The lowest BCUT2D eigenvalue weighted by Crippen LogP contribution is -2.45. The highest BCUT2D eigenvalue weighted by molar-refractivity contribution is 7.92. The summed E-state index contributed by atoms with van der Waals surface area (Å²) in [6.07, 6.45) is 4.24. The molecule has 108 valence electrons. The van der Waals surface area contributed by atoms with Gasteiger partial charge in [-0.3, -0.25) is 4.79 Å². The Bertz CT molecular complexity index is 600. The van der Waals surface area contributed by atoms with Crippen LogP contribution in [0.1, 0.15) is 38.5 Å². The molecule has 0 bridgehead atoms. The Morgan fingerprint density at radius 1 is 1.05 bits per heavy atom. The van der Waals surface area contributed by atoms with Gasteiger partial charge in [0.25, 0.3) is 0 Å². The predicted molar refractivity (Wildman–Crippen MR) is 73.9 cm³/mol. The molecular weight excluding hydrogens is 276 g/mol. The quantitative estimate of drug-likeness (QED) is 0.786. The van der Waals surface area contributed by atoms with Crippen molar-refractivity contribution in [3.63, 3.8) is 0 Å². The standard InChI is InChI=1S/C15H18O4S/c16-14-11-13(15(19-14)9-5-2-6-10-15)20(17,18)12-7-3-1-4-8-12/h1,3-4,7-8,13H,2,5-6,9-11H2. The normalized spacial score (nSPS) is 25.6. The summed E-state index contributed by atoms with van der Waals surface area (Å²) in [5, 5.41) is -0.731. The Hall–Kier alpha value is -1.36. The van der Waals surface area contributed by atoms with E-state index in [-0.39, 0.29) is 17.3 Å². The van der Waals surface area contributed by atoms with Gasteiger partial charge in [0.05, 0.1) is 11.3 Å². The first-order chi connectivity index (χ1) is 9.55. The number of hydrogen-bond donors (Lipinski definition) is 0. The Labute approximate surface area is 119 Å². The average molecular weight is 294 g/mol. The zero-order valence-corrected chi connectivity index (χ0v) is 12.1. The molecule has 1 saturated carbocycles. The van der Waals surface area contributed by atoms with E-state index in [0.29, 0.717) is 12.8 Å². The van der Waals surface area contributed by atoms with Gasteiger partial charge in [0.1, 0.15) is 10.9 Å². The largest absolute Gasteiger partial charge is 0.458 e. The maximum atomic E-state index is 12.8. The van der Waals surface area contributed by atoms with E-state index in [0.717, 1.165) is 19.3 Å². The minimum absolute atomic E-state index is 0.0166. The van der Waals surface area contributed by atoms with E-state index in [4.69, 9.17) is 4.74 Å². The van der Waals surface area contributed by atoms with Crippen molar-refractivity contribution in [2.24, 2.45) is 0 Å². The fraction of sp³-hybridized carbons (Fsp3) is 0.533. The first kappa shape index (κ1) is 13.6. The van der Waals surface area contributed by atoms with E-state index < -0.39 is 20.7 Å². The van der Waals surface area contributed by atoms with Crippen molar-refractivity contribution < 1.29 is 17.9 Å².